The van der Waals surface area contributed by atoms with Crippen molar-refractivity contribution >= 4 is 33.0 Å². The highest BCUT2D eigenvalue weighted by molar-refractivity contribution is 7.89. The van der Waals surface area contributed by atoms with E-state index in [0.29, 0.717) is 42.3 Å². The van der Waals surface area contributed by atoms with Gasteiger partial charge in [-0.2, -0.15) is 4.31 Å². The third-order valence-electron chi connectivity index (χ3n) is 5.62. The zero-order chi connectivity index (χ0) is 23.6. The molecule has 0 spiro atoms. The quantitative estimate of drug-likeness (QED) is 0.565. The molecule has 0 aliphatic carbocycles. The van der Waals surface area contributed by atoms with Crippen LogP contribution < -0.4 is 10.1 Å². The number of anilines is 1. The monoisotopic (exact) mass is 486 g/mol. The number of nitrogens with one attached hydrogen (secondary N) is 1. The highest BCUT2D eigenvalue weighted by atomic mass is 32.2. The van der Waals surface area contributed by atoms with Crippen LogP contribution in [0.25, 0.3) is 0 Å². The molecule has 0 atom stereocenters. The SMILES string of the molecule is COc1ccc(NC(=O)c2nnc(C3CCN(S(=O)(=O)c4cc(C)cc(C)c4)CC3)s2)cc1. The molecular weight excluding hydrogens is 460 g/mol. The Morgan fingerprint density at radius 2 is 1.70 bits per heavy atom. The smallest absolute Gasteiger partial charge is 0.286 e. The lowest BCUT2D eigenvalue weighted by Crippen LogP contribution is -2.37. The van der Waals surface area contributed by atoms with Crippen molar-refractivity contribution in [2.75, 3.05) is 25.5 Å². The van der Waals surface area contributed by atoms with Crippen LogP contribution in [0.4, 0.5) is 5.69 Å². The van der Waals surface area contributed by atoms with Crippen molar-refractivity contribution in [2.24, 2.45) is 0 Å². The summed E-state index contributed by atoms with van der Waals surface area (Å²) < 4.78 is 32.8. The van der Waals surface area contributed by atoms with Gasteiger partial charge in [0.15, 0.2) is 0 Å². The first kappa shape index (κ1) is 23.3. The number of hydrogen-bond acceptors (Lipinski definition) is 7. The van der Waals surface area contributed by atoms with Gasteiger partial charge in [-0.05, 0) is 74.2 Å². The number of rotatable bonds is 6. The van der Waals surface area contributed by atoms with Crippen molar-refractivity contribution in [1.82, 2.24) is 14.5 Å². The van der Waals surface area contributed by atoms with Crippen LogP contribution in [0, 0.1) is 13.8 Å². The maximum absolute atomic E-state index is 13.1. The van der Waals surface area contributed by atoms with Crippen molar-refractivity contribution in [2.45, 2.75) is 37.5 Å². The van der Waals surface area contributed by atoms with Gasteiger partial charge in [0.25, 0.3) is 5.91 Å². The summed E-state index contributed by atoms with van der Waals surface area (Å²) in [5.41, 5.74) is 2.50. The van der Waals surface area contributed by atoms with Crippen LogP contribution in [0.15, 0.2) is 47.4 Å². The van der Waals surface area contributed by atoms with Gasteiger partial charge in [-0.3, -0.25) is 4.79 Å². The fourth-order valence-electron chi connectivity index (χ4n) is 3.92. The van der Waals surface area contributed by atoms with E-state index in [4.69, 9.17) is 4.74 Å². The number of hydrogen-bond donors (Lipinski definition) is 1. The first-order valence-electron chi connectivity index (χ1n) is 10.6. The lowest BCUT2D eigenvalue weighted by molar-refractivity contribution is 0.102. The molecule has 2 heterocycles. The summed E-state index contributed by atoms with van der Waals surface area (Å²) in [7, 11) is -1.95. The topological polar surface area (TPSA) is 101 Å². The van der Waals surface area contributed by atoms with Crippen LogP contribution in [0.3, 0.4) is 0 Å². The highest BCUT2D eigenvalue weighted by Gasteiger charge is 2.32. The van der Waals surface area contributed by atoms with E-state index >= 15 is 0 Å². The fraction of sp³-hybridized carbons (Fsp3) is 0.348. The summed E-state index contributed by atoms with van der Waals surface area (Å²) in [6, 6.07) is 12.4. The third-order valence-corrected chi connectivity index (χ3v) is 8.58. The molecule has 8 nitrogen and oxygen atoms in total. The van der Waals surface area contributed by atoms with Gasteiger partial charge in [0.1, 0.15) is 10.8 Å². The molecule has 10 heteroatoms. The summed E-state index contributed by atoms with van der Waals surface area (Å²) in [6.45, 7) is 4.62. The molecule has 2 aromatic carbocycles. The van der Waals surface area contributed by atoms with E-state index in [2.05, 4.69) is 15.5 Å². The summed E-state index contributed by atoms with van der Waals surface area (Å²) >= 11 is 1.26. The molecule has 0 unspecified atom stereocenters. The van der Waals surface area contributed by atoms with E-state index < -0.39 is 10.0 Å². The number of carbonyl (C=O) groups excluding carboxylic acids is 1. The number of piperidine rings is 1. The van der Waals surface area contributed by atoms with Gasteiger partial charge >= 0.3 is 0 Å². The van der Waals surface area contributed by atoms with E-state index in [-0.39, 0.29) is 16.8 Å². The first-order chi connectivity index (χ1) is 15.8. The predicted molar refractivity (Wildman–Crippen MR) is 128 cm³/mol. The highest BCUT2D eigenvalue weighted by Crippen LogP contribution is 2.33. The molecule has 1 aromatic heterocycles. The van der Waals surface area contributed by atoms with Gasteiger partial charge in [0.2, 0.25) is 15.0 Å². The Balaban J connectivity index is 1.38. The largest absolute Gasteiger partial charge is 0.497 e. The van der Waals surface area contributed by atoms with Gasteiger partial charge in [-0.15, -0.1) is 10.2 Å². The lowest BCUT2D eigenvalue weighted by atomic mass is 9.99. The minimum Gasteiger partial charge on any atom is -0.497 e. The summed E-state index contributed by atoms with van der Waals surface area (Å²) in [4.78, 5) is 12.9. The molecule has 3 aromatic rings. The number of sulfonamides is 1. The molecule has 4 rings (SSSR count). The molecule has 0 saturated carbocycles. The Morgan fingerprint density at radius 1 is 1.06 bits per heavy atom. The fourth-order valence-corrected chi connectivity index (χ4v) is 6.49. The van der Waals surface area contributed by atoms with E-state index in [1.165, 1.54) is 15.6 Å². The molecule has 1 fully saturated rings. The van der Waals surface area contributed by atoms with Crippen molar-refractivity contribution in [3.05, 3.63) is 63.6 Å². The van der Waals surface area contributed by atoms with Crippen molar-refractivity contribution in [3.8, 4) is 5.75 Å². The Morgan fingerprint density at radius 3 is 2.30 bits per heavy atom. The molecule has 1 amide bonds. The van der Waals surface area contributed by atoms with Gasteiger partial charge in [-0.25, -0.2) is 8.42 Å². The second-order valence-electron chi connectivity index (χ2n) is 8.13. The van der Waals surface area contributed by atoms with Crippen LogP contribution in [-0.4, -0.2) is 49.0 Å². The average molecular weight is 487 g/mol. The minimum absolute atomic E-state index is 0.0794. The van der Waals surface area contributed by atoms with Crippen LogP contribution >= 0.6 is 11.3 Å². The van der Waals surface area contributed by atoms with Crippen LogP contribution in [0.1, 0.15) is 44.7 Å². The van der Waals surface area contributed by atoms with Crippen LogP contribution in [0.2, 0.25) is 0 Å². The van der Waals surface area contributed by atoms with E-state index in [0.717, 1.165) is 16.1 Å². The normalized spacial score (nSPS) is 15.4. The van der Waals surface area contributed by atoms with Gasteiger partial charge in [0.05, 0.1) is 12.0 Å². The number of amides is 1. The van der Waals surface area contributed by atoms with Gasteiger partial charge in [-0.1, -0.05) is 17.4 Å². The molecule has 33 heavy (non-hydrogen) atoms. The number of methoxy groups -OCH3 is 1. The third kappa shape index (κ3) is 5.23. The zero-order valence-electron chi connectivity index (χ0n) is 18.7. The molecular formula is C23H26N4O4S2. The second-order valence-corrected chi connectivity index (χ2v) is 11.1. The van der Waals surface area contributed by atoms with Gasteiger partial charge in [0, 0.05) is 24.7 Å². The predicted octanol–water partition coefficient (Wildman–Crippen LogP) is 3.98. The number of carbonyl (C=O) groups is 1. The number of aryl methyl sites for hydroxylation is 2. The Labute approximate surface area is 197 Å². The molecule has 174 valence electrons. The standard InChI is InChI=1S/C23H26N4O4S2/c1-15-12-16(2)14-20(13-15)33(29,30)27-10-8-17(9-11-27)22-25-26-23(32-22)21(28)24-18-4-6-19(31-3)7-5-18/h4-7,12-14,17H,8-11H2,1-3H3,(H,24,28). The van der Waals surface area contributed by atoms with E-state index in [1.807, 2.05) is 19.9 Å². The Bertz CT molecular complexity index is 1230. The molecule has 1 aliphatic heterocycles. The first-order valence-corrected chi connectivity index (χ1v) is 12.9. The van der Waals surface area contributed by atoms with Crippen LogP contribution in [0.5, 0.6) is 5.75 Å². The summed E-state index contributed by atoms with van der Waals surface area (Å²) in [5, 5.41) is 12.1. The van der Waals surface area contributed by atoms with E-state index in [9.17, 15) is 13.2 Å². The zero-order valence-corrected chi connectivity index (χ0v) is 20.4. The molecule has 1 saturated heterocycles. The Kier molecular flexibility index (Phi) is 6.78. The molecule has 0 radical (unpaired) electrons. The van der Waals surface area contributed by atoms with Crippen molar-refractivity contribution in [1.29, 1.82) is 0 Å². The number of nitrogens with zero attached hydrogens (tertiary/aromatic N) is 3. The molecule has 1 N–H and O–H groups in total. The number of ether oxygens (including phenoxy) is 1. The van der Waals surface area contributed by atoms with Crippen LogP contribution in [-0.2, 0) is 10.0 Å². The number of aromatic nitrogens is 2. The lowest BCUT2D eigenvalue weighted by Gasteiger charge is -2.30. The van der Waals surface area contributed by atoms with Crippen molar-refractivity contribution in [3.63, 3.8) is 0 Å². The number of benzene rings is 2. The summed E-state index contributed by atoms with van der Waals surface area (Å²) in [5.74, 6) is 0.464. The van der Waals surface area contributed by atoms with Gasteiger partial charge < -0.3 is 10.1 Å². The maximum Gasteiger partial charge on any atom is 0.286 e. The summed E-state index contributed by atoms with van der Waals surface area (Å²) in [6.07, 6.45) is 1.28. The van der Waals surface area contributed by atoms with E-state index in [1.54, 1.807) is 43.5 Å². The second kappa shape index (κ2) is 9.58. The molecule has 1 aliphatic rings. The van der Waals surface area contributed by atoms with Crippen molar-refractivity contribution < 1.29 is 17.9 Å². The average Bonchev–Trinajstić information content (AvgIpc) is 3.30. The molecule has 0 bridgehead atoms. The minimum atomic E-state index is -3.53. The Hall–Kier alpha value is -2.82. The maximum atomic E-state index is 13.1.